The van der Waals surface area contributed by atoms with Crippen molar-refractivity contribution in [2.45, 2.75) is 83.2 Å². The van der Waals surface area contributed by atoms with Gasteiger partial charge in [-0.1, -0.05) is 33.0 Å². The summed E-state index contributed by atoms with van der Waals surface area (Å²) < 4.78 is 6.48. The molecule has 3 nitrogen and oxygen atoms in total. The molecule has 1 aliphatic heterocycles. The van der Waals surface area contributed by atoms with Gasteiger partial charge in [0.1, 0.15) is 5.60 Å². The highest BCUT2D eigenvalue weighted by molar-refractivity contribution is 7.38. The fraction of sp³-hybridized carbons (Fsp3) is 1.00. The molecule has 0 bridgehead atoms. The smallest absolute Gasteiger partial charge is 0.174 e. The van der Waals surface area contributed by atoms with E-state index in [2.05, 4.69) is 26.2 Å². The second-order valence-electron chi connectivity index (χ2n) is 6.80. The predicted molar refractivity (Wildman–Crippen MR) is 80.8 cm³/mol. The van der Waals surface area contributed by atoms with Crippen molar-refractivity contribution in [1.29, 1.82) is 0 Å². The maximum absolute atomic E-state index is 10.4. The second-order valence-corrected chi connectivity index (χ2v) is 22.0. The molecular formula is C13H30O3Si2. The lowest BCUT2D eigenvalue weighted by atomic mass is 9.85. The molecule has 0 radical (unpaired) electrons. The van der Waals surface area contributed by atoms with Crippen LogP contribution in [0.2, 0.25) is 32.2 Å². The van der Waals surface area contributed by atoms with Crippen molar-refractivity contribution < 1.29 is 14.6 Å². The molecule has 1 heterocycles. The Bertz CT molecular complexity index is 282. The van der Waals surface area contributed by atoms with Crippen molar-refractivity contribution in [1.82, 2.24) is 0 Å². The van der Waals surface area contributed by atoms with E-state index in [9.17, 15) is 10.2 Å². The normalized spacial score (nSPS) is 34.0. The monoisotopic (exact) mass is 290 g/mol. The summed E-state index contributed by atoms with van der Waals surface area (Å²) in [4.78, 5) is 0. The lowest BCUT2D eigenvalue weighted by Gasteiger charge is -2.55. The Balaban J connectivity index is 3.09. The van der Waals surface area contributed by atoms with E-state index in [4.69, 9.17) is 4.43 Å². The maximum atomic E-state index is 10.4. The van der Waals surface area contributed by atoms with Crippen LogP contribution in [0.4, 0.5) is 0 Å². The lowest BCUT2D eigenvalue weighted by molar-refractivity contribution is -0.138. The van der Waals surface area contributed by atoms with E-state index < -0.39 is 33.2 Å². The van der Waals surface area contributed by atoms with Gasteiger partial charge in [0.2, 0.25) is 0 Å². The number of hydrogen-bond acceptors (Lipinski definition) is 3. The van der Waals surface area contributed by atoms with Gasteiger partial charge >= 0.3 is 0 Å². The van der Waals surface area contributed by atoms with E-state index in [-0.39, 0.29) is 0 Å². The maximum Gasteiger partial charge on any atom is 0.174 e. The first-order valence-electron chi connectivity index (χ1n) is 7.19. The van der Waals surface area contributed by atoms with E-state index in [1.807, 2.05) is 13.8 Å². The van der Waals surface area contributed by atoms with E-state index in [0.29, 0.717) is 12.8 Å². The van der Waals surface area contributed by atoms with Crippen LogP contribution in [0.15, 0.2) is 0 Å². The van der Waals surface area contributed by atoms with Crippen LogP contribution >= 0.6 is 0 Å². The standard InChI is InChI=1S/C13H30O3Si2/c1-7-11(14)13(12(15)8-2)9-10-17(3,4)18(5,6)16-13/h11-12,14-15H,7-10H2,1-6H3. The fourth-order valence-electron chi connectivity index (χ4n) is 2.86. The minimum Gasteiger partial charge on any atom is -0.409 e. The van der Waals surface area contributed by atoms with Gasteiger partial charge in [-0.15, -0.1) is 0 Å². The van der Waals surface area contributed by atoms with E-state index >= 15 is 0 Å². The zero-order valence-electron chi connectivity index (χ0n) is 12.8. The molecule has 18 heavy (non-hydrogen) atoms. The van der Waals surface area contributed by atoms with Crippen LogP contribution in [0, 0.1) is 0 Å². The Morgan fingerprint density at radius 1 is 1.06 bits per heavy atom. The third-order valence-corrected chi connectivity index (χ3v) is 21.6. The van der Waals surface area contributed by atoms with Crippen LogP contribution in [0.1, 0.15) is 33.1 Å². The zero-order valence-corrected chi connectivity index (χ0v) is 14.8. The summed E-state index contributed by atoms with van der Waals surface area (Å²) in [5.74, 6) is 0. The third kappa shape index (κ3) is 2.61. The first-order valence-corrected chi connectivity index (χ1v) is 14.3. The summed E-state index contributed by atoms with van der Waals surface area (Å²) in [5.41, 5.74) is -0.707. The summed E-state index contributed by atoms with van der Waals surface area (Å²) in [6.45, 7) is 13.2. The van der Waals surface area contributed by atoms with Gasteiger partial charge in [0.05, 0.1) is 19.8 Å². The molecule has 1 rings (SSSR count). The van der Waals surface area contributed by atoms with E-state index in [0.717, 1.165) is 12.5 Å². The zero-order chi connectivity index (χ0) is 14.2. The van der Waals surface area contributed by atoms with Crippen molar-refractivity contribution in [3.05, 3.63) is 0 Å². The van der Waals surface area contributed by atoms with Crippen molar-refractivity contribution in [2.24, 2.45) is 0 Å². The quantitative estimate of drug-likeness (QED) is 0.783. The van der Waals surface area contributed by atoms with Crippen LogP contribution in [-0.4, -0.2) is 43.4 Å². The molecule has 108 valence electrons. The van der Waals surface area contributed by atoms with Gasteiger partial charge in [-0.2, -0.15) is 0 Å². The molecule has 0 aromatic heterocycles. The van der Waals surface area contributed by atoms with Crippen LogP contribution in [-0.2, 0) is 4.43 Å². The molecule has 2 N–H and O–H groups in total. The van der Waals surface area contributed by atoms with Crippen molar-refractivity contribution in [3.63, 3.8) is 0 Å². The van der Waals surface area contributed by atoms with Crippen LogP contribution in [0.3, 0.4) is 0 Å². The van der Waals surface area contributed by atoms with Crippen LogP contribution < -0.4 is 0 Å². The highest BCUT2D eigenvalue weighted by Gasteiger charge is 2.57. The molecule has 1 aliphatic rings. The Hall–Kier alpha value is 0.314. The highest BCUT2D eigenvalue weighted by atomic mass is 29.3. The topological polar surface area (TPSA) is 49.7 Å². The van der Waals surface area contributed by atoms with Gasteiger partial charge in [0.25, 0.3) is 0 Å². The molecule has 0 spiro atoms. The van der Waals surface area contributed by atoms with Crippen molar-refractivity contribution >= 4 is 15.4 Å². The third-order valence-electron chi connectivity index (χ3n) is 5.12. The summed E-state index contributed by atoms with van der Waals surface area (Å²) >= 11 is 0. The summed E-state index contributed by atoms with van der Waals surface area (Å²) in [6, 6.07) is 1.15. The second kappa shape index (κ2) is 5.36. The average molecular weight is 291 g/mol. The first-order chi connectivity index (χ1) is 8.13. The molecule has 1 saturated heterocycles. The van der Waals surface area contributed by atoms with Gasteiger partial charge in [0, 0.05) is 0 Å². The number of aliphatic hydroxyl groups is 2. The van der Waals surface area contributed by atoms with E-state index in [1.54, 1.807) is 0 Å². The van der Waals surface area contributed by atoms with Gasteiger partial charge in [-0.25, -0.2) is 0 Å². The SMILES string of the molecule is CCC(O)C1(C(O)CC)CC[Si](C)(C)[Si](C)(C)O1. The Morgan fingerprint density at radius 3 is 1.83 bits per heavy atom. The minimum atomic E-state index is -1.79. The van der Waals surface area contributed by atoms with Crippen LogP contribution in [0.25, 0.3) is 0 Å². The molecule has 0 amide bonds. The van der Waals surface area contributed by atoms with Crippen LogP contribution in [0.5, 0.6) is 0 Å². The van der Waals surface area contributed by atoms with Crippen molar-refractivity contribution in [2.75, 3.05) is 0 Å². The molecule has 2 atom stereocenters. The van der Waals surface area contributed by atoms with E-state index in [1.165, 1.54) is 0 Å². The number of hydrogen-bond donors (Lipinski definition) is 2. The predicted octanol–water partition coefficient (Wildman–Crippen LogP) is 2.68. The number of rotatable bonds is 4. The summed E-state index contributed by atoms with van der Waals surface area (Å²) in [5, 5.41) is 20.8. The molecule has 5 heteroatoms. The van der Waals surface area contributed by atoms with Gasteiger partial charge < -0.3 is 14.6 Å². The Labute approximate surface area is 113 Å². The van der Waals surface area contributed by atoms with Gasteiger partial charge in [0.15, 0.2) is 7.83 Å². The highest BCUT2D eigenvalue weighted by Crippen LogP contribution is 2.43. The minimum absolute atomic E-state index is 0.552. The fourth-order valence-corrected chi connectivity index (χ4v) is 9.65. The molecule has 0 aliphatic carbocycles. The summed E-state index contributed by atoms with van der Waals surface area (Å²) in [6.07, 6.45) is 0.994. The molecule has 0 aromatic carbocycles. The largest absolute Gasteiger partial charge is 0.409 e. The van der Waals surface area contributed by atoms with Crippen molar-refractivity contribution in [3.8, 4) is 0 Å². The average Bonchev–Trinajstić information content (AvgIpc) is 2.30. The Morgan fingerprint density at radius 2 is 1.50 bits per heavy atom. The Kier molecular flexibility index (Phi) is 4.88. The molecule has 2 unspecified atom stereocenters. The lowest BCUT2D eigenvalue weighted by Crippen LogP contribution is -2.70. The van der Waals surface area contributed by atoms with Gasteiger partial charge in [-0.05, 0) is 32.4 Å². The summed E-state index contributed by atoms with van der Waals surface area (Å²) in [7, 11) is -3.12. The number of aliphatic hydroxyl groups excluding tert-OH is 2. The van der Waals surface area contributed by atoms with Gasteiger partial charge in [-0.3, -0.25) is 0 Å². The molecule has 0 aromatic rings. The molecule has 1 fully saturated rings. The molecule has 0 saturated carbocycles. The first kappa shape index (κ1) is 16.4. The molecular weight excluding hydrogens is 260 g/mol.